The summed E-state index contributed by atoms with van der Waals surface area (Å²) in [5.41, 5.74) is 0. The van der Waals surface area contributed by atoms with E-state index in [4.69, 9.17) is 0 Å². The summed E-state index contributed by atoms with van der Waals surface area (Å²) in [5.74, 6) is 0. The molecule has 0 rings (SSSR count). The van der Waals surface area contributed by atoms with E-state index in [0.29, 0.717) is 0 Å². The van der Waals surface area contributed by atoms with Crippen molar-refractivity contribution in [2.24, 2.45) is 0 Å². The molecule has 0 radical (unpaired) electrons. The first kappa shape index (κ1) is 10.9. The number of rotatable bonds is 6. The van der Waals surface area contributed by atoms with E-state index < -0.39 is 21.8 Å². The molecule has 0 bridgehead atoms. The fourth-order valence-electron chi connectivity index (χ4n) is 0.968. The Kier molecular flexibility index (Phi) is 8.69. The van der Waals surface area contributed by atoms with E-state index in [1.54, 1.807) is 8.26 Å². The molecule has 0 aliphatic heterocycles. The van der Waals surface area contributed by atoms with Gasteiger partial charge < -0.3 is 0 Å². The Morgan fingerprint density at radius 3 is 1.60 bits per heavy atom. The van der Waals surface area contributed by atoms with Crippen LogP contribution in [0.4, 0.5) is 0 Å². The summed E-state index contributed by atoms with van der Waals surface area (Å²) < 4.78 is 5.87. The van der Waals surface area contributed by atoms with Gasteiger partial charge in [0.05, 0.1) is 0 Å². The zero-order chi connectivity index (χ0) is 7.82. The molecule has 0 saturated heterocycles. The first-order valence-corrected chi connectivity index (χ1v) is 12.9. The second-order valence-corrected chi connectivity index (χ2v) is 13.1. The third-order valence-electron chi connectivity index (χ3n) is 1.79. The van der Waals surface area contributed by atoms with Gasteiger partial charge in [0.15, 0.2) is 0 Å². The summed E-state index contributed by atoms with van der Waals surface area (Å²) in [5, 5.41) is 0. The summed E-state index contributed by atoms with van der Waals surface area (Å²) >= 11 is -0.802. The van der Waals surface area contributed by atoms with Crippen molar-refractivity contribution in [2.45, 2.75) is 52.4 Å². The molecule has 0 saturated carbocycles. The van der Waals surface area contributed by atoms with Gasteiger partial charge in [-0.1, -0.05) is 0 Å². The molecule has 10 heavy (non-hydrogen) atoms. The van der Waals surface area contributed by atoms with Crippen LogP contribution in [0.25, 0.3) is 0 Å². The van der Waals surface area contributed by atoms with E-state index in [-0.39, 0.29) is 0 Å². The number of unbranched alkanes of at least 4 members (excludes halogenated alkanes) is 2. The molecule has 0 fully saturated rings. The van der Waals surface area contributed by atoms with Crippen molar-refractivity contribution in [1.82, 2.24) is 0 Å². The number of hydrogen-bond donors (Lipinski definition) is 0. The molecule has 0 aromatic rings. The zero-order valence-electron chi connectivity index (χ0n) is 7.69. The van der Waals surface area contributed by atoms with Crippen LogP contribution in [0.1, 0.15) is 39.5 Å². The van der Waals surface area contributed by atoms with E-state index in [1.165, 1.54) is 25.7 Å². The van der Waals surface area contributed by atoms with Gasteiger partial charge in [-0.3, -0.25) is 0 Å². The standard InChI is InChI=1S/2C4H9.CH3.Bi/c2*1-3-4-2;;/h2*1,3-4H2,2H3;1H3;. The molecule has 0 heterocycles. The van der Waals surface area contributed by atoms with Crippen LogP contribution in [0.2, 0.25) is 12.9 Å². The molecule has 0 atom stereocenters. The van der Waals surface area contributed by atoms with Gasteiger partial charge in [-0.25, -0.2) is 0 Å². The van der Waals surface area contributed by atoms with Crippen LogP contribution < -0.4 is 0 Å². The summed E-state index contributed by atoms with van der Waals surface area (Å²) in [4.78, 5) is 0. The molecule has 0 aliphatic rings. The van der Waals surface area contributed by atoms with E-state index in [9.17, 15) is 0 Å². The second-order valence-electron chi connectivity index (χ2n) is 3.01. The Balaban J connectivity index is 3.00. The van der Waals surface area contributed by atoms with Crippen LogP contribution in [0, 0.1) is 0 Å². The Morgan fingerprint density at radius 1 is 0.900 bits per heavy atom. The molecule has 62 valence electrons. The maximum absolute atomic E-state index is 2.58. The van der Waals surface area contributed by atoms with Gasteiger partial charge in [-0.2, -0.15) is 0 Å². The van der Waals surface area contributed by atoms with Crippen molar-refractivity contribution in [3.8, 4) is 0 Å². The summed E-state index contributed by atoms with van der Waals surface area (Å²) in [6, 6.07) is 0. The molecular formula is C9H21Bi. The maximum atomic E-state index is 2.58. The fraction of sp³-hybridized carbons (Fsp3) is 1.00. The first-order chi connectivity index (χ1) is 4.81. The van der Waals surface area contributed by atoms with Crippen molar-refractivity contribution >= 4 is 21.8 Å². The van der Waals surface area contributed by atoms with Crippen LogP contribution in [0.5, 0.6) is 0 Å². The van der Waals surface area contributed by atoms with Gasteiger partial charge in [0.25, 0.3) is 0 Å². The predicted molar refractivity (Wildman–Crippen MR) is 51.0 cm³/mol. The van der Waals surface area contributed by atoms with Crippen molar-refractivity contribution in [2.75, 3.05) is 0 Å². The van der Waals surface area contributed by atoms with Crippen molar-refractivity contribution in [1.29, 1.82) is 0 Å². The normalized spacial score (nSPS) is 10.8. The van der Waals surface area contributed by atoms with Crippen LogP contribution in [0.15, 0.2) is 0 Å². The van der Waals surface area contributed by atoms with Gasteiger partial charge in [-0.05, 0) is 0 Å². The average molecular weight is 338 g/mol. The van der Waals surface area contributed by atoms with Crippen LogP contribution in [-0.4, -0.2) is 21.8 Å². The number of hydrogen-bond acceptors (Lipinski definition) is 0. The monoisotopic (exact) mass is 338 g/mol. The van der Waals surface area contributed by atoms with Gasteiger partial charge in [0, 0.05) is 0 Å². The van der Waals surface area contributed by atoms with E-state index >= 15 is 0 Å². The van der Waals surface area contributed by atoms with Crippen LogP contribution >= 0.6 is 0 Å². The second kappa shape index (κ2) is 7.98. The van der Waals surface area contributed by atoms with Gasteiger partial charge in [0.1, 0.15) is 0 Å². The predicted octanol–water partition coefficient (Wildman–Crippen LogP) is 3.71. The topological polar surface area (TPSA) is 0 Å². The minimum atomic E-state index is -0.802. The molecule has 0 aliphatic carbocycles. The molecular weight excluding hydrogens is 317 g/mol. The van der Waals surface area contributed by atoms with E-state index in [2.05, 4.69) is 18.5 Å². The molecule has 0 spiro atoms. The minimum absolute atomic E-state index is 0.802. The molecule has 0 amide bonds. The Morgan fingerprint density at radius 2 is 1.30 bits per heavy atom. The fourth-order valence-corrected chi connectivity index (χ4v) is 8.49. The summed E-state index contributed by atoms with van der Waals surface area (Å²) in [6.07, 6.45) is 5.84. The van der Waals surface area contributed by atoms with Crippen LogP contribution in [-0.2, 0) is 0 Å². The quantitative estimate of drug-likeness (QED) is 0.648. The van der Waals surface area contributed by atoms with Gasteiger partial charge in [-0.15, -0.1) is 0 Å². The van der Waals surface area contributed by atoms with Crippen molar-refractivity contribution in [3.05, 3.63) is 0 Å². The van der Waals surface area contributed by atoms with E-state index in [1.807, 2.05) is 0 Å². The molecule has 0 aromatic carbocycles. The van der Waals surface area contributed by atoms with E-state index in [0.717, 1.165) is 0 Å². The molecule has 0 nitrogen and oxygen atoms in total. The third kappa shape index (κ3) is 7.00. The molecule has 0 N–H and O–H groups in total. The SMILES string of the molecule is CCC[CH2][Bi]([CH3])[CH2]CCC. The first-order valence-electron chi connectivity index (χ1n) is 4.49. The average Bonchev–Trinajstić information content (AvgIpc) is 1.97. The van der Waals surface area contributed by atoms with Crippen molar-refractivity contribution in [3.63, 3.8) is 0 Å². The van der Waals surface area contributed by atoms with Crippen LogP contribution in [0.3, 0.4) is 0 Å². The van der Waals surface area contributed by atoms with Gasteiger partial charge >= 0.3 is 74.2 Å². The zero-order valence-corrected chi connectivity index (χ0v) is 11.2. The van der Waals surface area contributed by atoms with Gasteiger partial charge in [0.2, 0.25) is 0 Å². The Labute approximate surface area is 74.1 Å². The third-order valence-corrected chi connectivity index (χ3v) is 10.2. The molecule has 0 unspecified atom stereocenters. The molecule has 0 aromatic heterocycles. The molecule has 1 heteroatoms. The summed E-state index contributed by atoms with van der Waals surface area (Å²) in [6.45, 7) is 4.61. The summed E-state index contributed by atoms with van der Waals surface area (Å²) in [7, 11) is 0. The van der Waals surface area contributed by atoms with Crippen molar-refractivity contribution < 1.29 is 0 Å². The Bertz CT molecular complexity index is 53.7. The Hall–Kier alpha value is 0.883.